The van der Waals surface area contributed by atoms with Crippen LogP contribution in [0.1, 0.15) is 34.1 Å². The molecule has 0 saturated carbocycles. The smallest absolute Gasteiger partial charge is 0.251 e. The van der Waals surface area contributed by atoms with Gasteiger partial charge >= 0.3 is 0 Å². The topological polar surface area (TPSA) is 115 Å². The highest BCUT2D eigenvalue weighted by Crippen LogP contribution is 2.26. The lowest BCUT2D eigenvalue weighted by molar-refractivity contribution is 0.0949. The molecular weight excluding hydrogens is 438 g/mol. The monoisotopic (exact) mass is 459 g/mol. The molecule has 0 saturated heterocycles. The molecule has 5 rings (SSSR count). The minimum absolute atomic E-state index is 0.0912. The van der Waals surface area contributed by atoms with Crippen LogP contribution in [0.2, 0.25) is 5.02 Å². The lowest BCUT2D eigenvalue weighted by Crippen LogP contribution is -2.24. The number of aromatic amines is 1. The van der Waals surface area contributed by atoms with Gasteiger partial charge in [0, 0.05) is 21.7 Å². The van der Waals surface area contributed by atoms with E-state index >= 15 is 0 Å². The Morgan fingerprint density at radius 2 is 2.00 bits per heavy atom. The Kier molecular flexibility index (Phi) is 5.43. The number of aryl methyl sites for hydroxylation is 1. The van der Waals surface area contributed by atoms with Crippen molar-refractivity contribution in [2.45, 2.75) is 26.4 Å². The first-order valence-corrected chi connectivity index (χ1v) is 11.0. The molecule has 0 radical (unpaired) electrons. The Balaban J connectivity index is 1.42. The fraction of sp³-hybridized carbons (Fsp3) is 0.167. The van der Waals surface area contributed by atoms with Gasteiger partial charge in [-0.05, 0) is 41.8 Å². The molecule has 9 heteroatoms. The first-order chi connectivity index (χ1) is 16.0. The van der Waals surface area contributed by atoms with Crippen molar-refractivity contribution in [1.82, 2.24) is 29.8 Å². The van der Waals surface area contributed by atoms with E-state index in [9.17, 15) is 4.79 Å². The van der Waals surface area contributed by atoms with Gasteiger partial charge in [0.05, 0.1) is 24.9 Å². The first kappa shape index (κ1) is 21.0. The van der Waals surface area contributed by atoms with Gasteiger partial charge in [0.15, 0.2) is 11.5 Å². The SMILES string of the molecule is CCc1ccccc1C(=O)NCc1cc2cc(Cl)cc(Cn3cnc4c(N)ncnc43)c2[nH]1. The zero-order chi connectivity index (χ0) is 22.9. The molecule has 4 N–H and O–H groups in total. The van der Waals surface area contributed by atoms with E-state index < -0.39 is 0 Å². The summed E-state index contributed by atoms with van der Waals surface area (Å²) in [6.07, 6.45) is 3.92. The number of fused-ring (bicyclic) bond motifs is 2. The van der Waals surface area contributed by atoms with Crippen LogP contribution in [-0.4, -0.2) is 30.4 Å². The highest BCUT2D eigenvalue weighted by molar-refractivity contribution is 6.31. The third-order valence-corrected chi connectivity index (χ3v) is 5.90. The maximum absolute atomic E-state index is 12.7. The van der Waals surface area contributed by atoms with Gasteiger partial charge < -0.3 is 20.6 Å². The molecule has 0 unspecified atom stereocenters. The van der Waals surface area contributed by atoms with Crippen molar-refractivity contribution in [2.24, 2.45) is 0 Å². The lowest BCUT2D eigenvalue weighted by Gasteiger charge is -2.08. The summed E-state index contributed by atoms with van der Waals surface area (Å²) in [4.78, 5) is 28.8. The summed E-state index contributed by atoms with van der Waals surface area (Å²) in [5.74, 6) is 0.254. The number of hydrogen-bond donors (Lipinski definition) is 3. The summed E-state index contributed by atoms with van der Waals surface area (Å²) < 4.78 is 1.91. The fourth-order valence-corrected chi connectivity index (χ4v) is 4.33. The van der Waals surface area contributed by atoms with E-state index in [0.29, 0.717) is 40.7 Å². The molecule has 0 aliphatic carbocycles. The number of anilines is 1. The molecule has 166 valence electrons. The molecular formula is C24H22ClN7O. The van der Waals surface area contributed by atoms with Crippen LogP contribution >= 0.6 is 11.6 Å². The summed E-state index contributed by atoms with van der Waals surface area (Å²) in [6, 6.07) is 13.5. The second kappa shape index (κ2) is 8.55. The van der Waals surface area contributed by atoms with Crippen LogP contribution in [0.25, 0.3) is 22.1 Å². The summed E-state index contributed by atoms with van der Waals surface area (Å²) in [7, 11) is 0. The largest absolute Gasteiger partial charge is 0.382 e. The number of aromatic nitrogens is 5. The maximum Gasteiger partial charge on any atom is 0.251 e. The van der Waals surface area contributed by atoms with E-state index in [1.807, 2.05) is 54.0 Å². The molecule has 3 heterocycles. The zero-order valence-corrected chi connectivity index (χ0v) is 18.7. The number of H-pyrrole nitrogens is 1. The molecule has 3 aromatic heterocycles. The molecule has 33 heavy (non-hydrogen) atoms. The maximum atomic E-state index is 12.7. The van der Waals surface area contributed by atoms with Gasteiger partial charge in [0.25, 0.3) is 5.91 Å². The highest BCUT2D eigenvalue weighted by atomic mass is 35.5. The predicted octanol–water partition coefficient (Wildman–Crippen LogP) is 4.08. The van der Waals surface area contributed by atoms with E-state index in [4.69, 9.17) is 17.3 Å². The Bertz CT molecular complexity index is 1490. The van der Waals surface area contributed by atoms with Crippen LogP contribution in [0, 0.1) is 0 Å². The number of rotatable bonds is 6. The minimum atomic E-state index is -0.0912. The quantitative estimate of drug-likeness (QED) is 0.354. The Hall–Kier alpha value is -3.91. The normalized spacial score (nSPS) is 11.3. The summed E-state index contributed by atoms with van der Waals surface area (Å²) in [5, 5.41) is 4.61. The molecule has 1 amide bonds. The summed E-state index contributed by atoms with van der Waals surface area (Å²) >= 11 is 6.40. The summed E-state index contributed by atoms with van der Waals surface area (Å²) in [5.41, 5.74) is 11.7. The number of amides is 1. The van der Waals surface area contributed by atoms with Crippen molar-refractivity contribution in [3.63, 3.8) is 0 Å². The van der Waals surface area contributed by atoms with Gasteiger partial charge in [0.2, 0.25) is 0 Å². The number of nitrogens with one attached hydrogen (secondary N) is 2. The predicted molar refractivity (Wildman–Crippen MR) is 129 cm³/mol. The van der Waals surface area contributed by atoms with Crippen LogP contribution in [0.3, 0.4) is 0 Å². The third-order valence-electron chi connectivity index (χ3n) is 5.68. The highest BCUT2D eigenvalue weighted by Gasteiger charge is 2.14. The molecule has 2 aromatic carbocycles. The number of nitrogen functional groups attached to an aromatic ring is 1. The van der Waals surface area contributed by atoms with Gasteiger partial charge in [-0.2, -0.15) is 0 Å². The first-order valence-electron chi connectivity index (χ1n) is 10.6. The van der Waals surface area contributed by atoms with Gasteiger partial charge in [-0.25, -0.2) is 15.0 Å². The molecule has 0 aliphatic rings. The van der Waals surface area contributed by atoms with Crippen molar-refractivity contribution in [3.8, 4) is 0 Å². The Morgan fingerprint density at radius 1 is 1.15 bits per heavy atom. The zero-order valence-electron chi connectivity index (χ0n) is 18.0. The number of hydrogen-bond acceptors (Lipinski definition) is 5. The number of carbonyl (C=O) groups excluding carboxylic acids is 1. The average molecular weight is 460 g/mol. The van der Waals surface area contributed by atoms with E-state index in [0.717, 1.165) is 34.1 Å². The molecule has 0 spiro atoms. The molecule has 0 fully saturated rings. The van der Waals surface area contributed by atoms with E-state index in [1.54, 1.807) is 6.33 Å². The van der Waals surface area contributed by atoms with Crippen LogP contribution in [-0.2, 0) is 19.5 Å². The summed E-state index contributed by atoms with van der Waals surface area (Å²) in [6.45, 7) is 2.92. The van der Waals surface area contributed by atoms with Crippen molar-refractivity contribution < 1.29 is 4.79 Å². The molecule has 0 bridgehead atoms. The average Bonchev–Trinajstić information content (AvgIpc) is 3.42. The van der Waals surface area contributed by atoms with E-state index in [1.165, 1.54) is 6.33 Å². The number of benzene rings is 2. The molecule has 0 aliphatic heterocycles. The van der Waals surface area contributed by atoms with Gasteiger partial charge in [-0.15, -0.1) is 0 Å². The van der Waals surface area contributed by atoms with Crippen LogP contribution in [0.4, 0.5) is 5.82 Å². The number of imidazole rings is 1. The molecule has 5 aromatic rings. The minimum Gasteiger partial charge on any atom is -0.382 e. The van der Waals surface area contributed by atoms with Gasteiger partial charge in [0.1, 0.15) is 11.8 Å². The van der Waals surface area contributed by atoms with Crippen LogP contribution < -0.4 is 11.1 Å². The van der Waals surface area contributed by atoms with E-state index in [-0.39, 0.29) is 5.91 Å². The van der Waals surface area contributed by atoms with E-state index in [2.05, 4.69) is 25.3 Å². The van der Waals surface area contributed by atoms with Crippen molar-refractivity contribution in [3.05, 3.63) is 82.5 Å². The third kappa shape index (κ3) is 4.01. The van der Waals surface area contributed by atoms with Crippen molar-refractivity contribution in [1.29, 1.82) is 0 Å². The van der Waals surface area contributed by atoms with Crippen molar-refractivity contribution >= 4 is 45.4 Å². The molecule has 0 atom stereocenters. The Morgan fingerprint density at radius 3 is 2.85 bits per heavy atom. The second-order valence-corrected chi connectivity index (χ2v) is 8.26. The number of nitrogens with zero attached hydrogens (tertiary/aromatic N) is 4. The number of carbonyl (C=O) groups is 1. The standard InChI is InChI=1S/C24H22ClN7O/c1-2-14-5-3-4-6-19(14)24(33)27-10-18-9-15-7-17(25)8-16(20(15)31-18)11-32-13-30-21-22(26)28-12-29-23(21)32/h3-9,12-13,31H,2,10-11H2,1H3,(H,27,33)(H2,26,28,29). The molecule has 8 nitrogen and oxygen atoms in total. The lowest BCUT2D eigenvalue weighted by atomic mass is 10.0. The number of halogens is 1. The Labute approximate surface area is 194 Å². The van der Waals surface area contributed by atoms with Crippen molar-refractivity contribution in [2.75, 3.05) is 5.73 Å². The van der Waals surface area contributed by atoms with Crippen LogP contribution in [0.15, 0.2) is 55.1 Å². The second-order valence-electron chi connectivity index (χ2n) is 7.82. The van der Waals surface area contributed by atoms with Crippen LogP contribution in [0.5, 0.6) is 0 Å². The van der Waals surface area contributed by atoms with Gasteiger partial charge in [-0.1, -0.05) is 36.7 Å². The van der Waals surface area contributed by atoms with Gasteiger partial charge in [-0.3, -0.25) is 4.79 Å². The number of nitrogens with two attached hydrogens (primary N) is 1. The fourth-order valence-electron chi connectivity index (χ4n) is 4.08.